The van der Waals surface area contributed by atoms with Gasteiger partial charge in [0.05, 0.1) is 5.69 Å². The summed E-state index contributed by atoms with van der Waals surface area (Å²) in [6.07, 6.45) is 4.50. The number of anilines is 1. The molecule has 1 amide bonds. The molecule has 16 heavy (non-hydrogen) atoms. The van der Waals surface area contributed by atoms with Crippen LogP contribution < -0.4 is 11.1 Å². The Hall–Kier alpha value is -1.23. The van der Waals surface area contributed by atoms with Gasteiger partial charge in [0.1, 0.15) is 5.03 Å². The molecule has 2 rings (SSSR count). The smallest absolute Gasteiger partial charge is 0.221 e. The lowest BCUT2D eigenvalue weighted by atomic mass is 10.4. The number of carbonyl (C=O) groups excluding carboxylic acids is 1. The summed E-state index contributed by atoms with van der Waals surface area (Å²) < 4.78 is 0. The third-order valence-corrected chi connectivity index (χ3v) is 3.33. The number of thioether (sulfide) groups is 1. The van der Waals surface area contributed by atoms with Gasteiger partial charge in [0.2, 0.25) is 5.91 Å². The van der Waals surface area contributed by atoms with Crippen molar-refractivity contribution in [1.29, 1.82) is 0 Å². The number of hydrogen-bond acceptors (Lipinski definition) is 4. The third kappa shape index (κ3) is 3.41. The molecule has 1 aliphatic carbocycles. The standard InChI is InChI=1S/C11H15N3OS/c12-9-2-1-6-13-11(9)16-7-5-10(15)14-8-3-4-8/h1-2,6,8H,3-5,7,12H2,(H,14,15). The summed E-state index contributed by atoms with van der Waals surface area (Å²) in [4.78, 5) is 15.5. The summed E-state index contributed by atoms with van der Waals surface area (Å²) in [6, 6.07) is 4.07. The van der Waals surface area contributed by atoms with E-state index in [2.05, 4.69) is 10.3 Å². The topological polar surface area (TPSA) is 68.0 Å². The van der Waals surface area contributed by atoms with Gasteiger partial charge >= 0.3 is 0 Å². The quantitative estimate of drug-likeness (QED) is 0.760. The van der Waals surface area contributed by atoms with E-state index < -0.39 is 0 Å². The molecule has 0 unspecified atom stereocenters. The van der Waals surface area contributed by atoms with Crippen LogP contribution in [0.2, 0.25) is 0 Å². The van der Waals surface area contributed by atoms with Crippen LogP contribution in [0.3, 0.4) is 0 Å². The van der Waals surface area contributed by atoms with E-state index in [1.165, 1.54) is 11.8 Å². The number of amides is 1. The Kier molecular flexibility index (Phi) is 3.66. The lowest BCUT2D eigenvalue weighted by molar-refractivity contribution is -0.120. The summed E-state index contributed by atoms with van der Waals surface area (Å²) in [5, 5.41) is 3.76. The molecule has 0 aliphatic heterocycles. The third-order valence-electron chi connectivity index (χ3n) is 2.31. The second-order valence-electron chi connectivity index (χ2n) is 3.84. The highest BCUT2D eigenvalue weighted by atomic mass is 32.2. The van der Waals surface area contributed by atoms with E-state index >= 15 is 0 Å². The maximum Gasteiger partial charge on any atom is 0.221 e. The lowest BCUT2D eigenvalue weighted by Gasteiger charge is -2.04. The number of nitrogens with zero attached hydrogens (tertiary/aromatic N) is 1. The number of nitrogens with two attached hydrogens (primary N) is 1. The first-order valence-corrected chi connectivity index (χ1v) is 6.37. The molecular weight excluding hydrogens is 222 g/mol. The maximum absolute atomic E-state index is 11.4. The molecule has 5 heteroatoms. The number of pyridine rings is 1. The second-order valence-corrected chi connectivity index (χ2v) is 4.92. The number of aromatic nitrogens is 1. The molecule has 1 aromatic rings. The van der Waals surface area contributed by atoms with Gasteiger partial charge in [-0.1, -0.05) is 0 Å². The van der Waals surface area contributed by atoms with Gasteiger partial charge in [-0.15, -0.1) is 11.8 Å². The first kappa shape index (κ1) is 11.3. The molecule has 0 atom stereocenters. The normalized spacial score (nSPS) is 14.8. The molecule has 1 saturated carbocycles. The fourth-order valence-electron chi connectivity index (χ4n) is 1.29. The van der Waals surface area contributed by atoms with Gasteiger partial charge in [0, 0.05) is 24.4 Å². The van der Waals surface area contributed by atoms with Crippen LogP contribution in [0.25, 0.3) is 0 Å². The van der Waals surface area contributed by atoms with E-state index in [1.807, 2.05) is 6.07 Å². The largest absolute Gasteiger partial charge is 0.397 e. The number of nitrogens with one attached hydrogen (secondary N) is 1. The van der Waals surface area contributed by atoms with Crippen molar-refractivity contribution in [2.45, 2.75) is 30.3 Å². The summed E-state index contributed by atoms with van der Waals surface area (Å²) in [5.74, 6) is 0.851. The zero-order valence-corrected chi connectivity index (χ0v) is 9.80. The first-order valence-electron chi connectivity index (χ1n) is 5.38. The molecule has 1 heterocycles. The van der Waals surface area contributed by atoms with E-state index in [-0.39, 0.29) is 5.91 Å². The van der Waals surface area contributed by atoms with Gasteiger partial charge in [-0.05, 0) is 25.0 Å². The molecule has 0 aromatic carbocycles. The van der Waals surface area contributed by atoms with Crippen LogP contribution in [0, 0.1) is 0 Å². The van der Waals surface area contributed by atoms with E-state index in [0.29, 0.717) is 18.2 Å². The Morgan fingerprint density at radius 1 is 1.62 bits per heavy atom. The van der Waals surface area contributed by atoms with Crippen molar-refractivity contribution in [3.63, 3.8) is 0 Å². The zero-order chi connectivity index (χ0) is 11.4. The monoisotopic (exact) mass is 237 g/mol. The Labute approximate surface area is 99.0 Å². The van der Waals surface area contributed by atoms with Crippen molar-refractivity contribution >= 4 is 23.4 Å². The molecule has 86 valence electrons. The van der Waals surface area contributed by atoms with Gasteiger partial charge in [-0.2, -0.15) is 0 Å². The molecule has 0 radical (unpaired) electrons. The Balaban J connectivity index is 1.70. The number of rotatable bonds is 5. The molecule has 0 saturated heterocycles. The Bertz CT molecular complexity index is 379. The molecule has 1 aromatic heterocycles. The van der Waals surface area contributed by atoms with Gasteiger partial charge < -0.3 is 11.1 Å². The van der Waals surface area contributed by atoms with E-state index in [1.54, 1.807) is 12.3 Å². The van der Waals surface area contributed by atoms with Crippen LogP contribution in [-0.4, -0.2) is 22.7 Å². The minimum Gasteiger partial charge on any atom is -0.397 e. The van der Waals surface area contributed by atoms with Gasteiger partial charge in [0.25, 0.3) is 0 Å². The molecule has 4 nitrogen and oxygen atoms in total. The van der Waals surface area contributed by atoms with Crippen LogP contribution in [0.1, 0.15) is 19.3 Å². The number of carbonyl (C=O) groups is 1. The molecule has 0 spiro atoms. The minimum atomic E-state index is 0.129. The van der Waals surface area contributed by atoms with Crippen molar-refractivity contribution < 1.29 is 4.79 Å². The Morgan fingerprint density at radius 3 is 3.12 bits per heavy atom. The SMILES string of the molecule is Nc1cccnc1SCCC(=O)NC1CC1. The first-order chi connectivity index (χ1) is 7.75. The van der Waals surface area contributed by atoms with Crippen molar-refractivity contribution in [1.82, 2.24) is 10.3 Å². The average molecular weight is 237 g/mol. The van der Waals surface area contributed by atoms with Crippen LogP contribution in [0.4, 0.5) is 5.69 Å². The minimum absolute atomic E-state index is 0.129. The van der Waals surface area contributed by atoms with Crippen LogP contribution in [-0.2, 0) is 4.79 Å². The molecular formula is C11H15N3OS. The van der Waals surface area contributed by atoms with Crippen LogP contribution >= 0.6 is 11.8 Å². The van der Waals surface area contributed by atoms with Crippen LogP contribution in [0.15, 0.2) is 23.4 Å². The van der Waals surface area contributed by atoms with Gasteiger partial charge in [-0.25, -0.2) is 4.98 Å². The van der Waals surface area contributed by atoms with Crippen molar-refractivity contribution in [2.24, 2.45) is 0 Å². The highest BCUT2D eigenvalue weighted by Gasteiger charge is 2.22. The second kappa shape index (κ2) is 5.21. The summed E-state index contributed by atoms with van der Waals surface area (Å²) >= 11 is 1.53. The van der Waals surface area contributed by atoms with Gasteiger partial charge in [0.15, 0.2) is 0 Å². The lowest BCUT2D eigenvalue weighted by Crippen LogP contribution is -2.25. The fourth-order valence-corrected chi connectivity index (χ4v) is 2.14. The highest BCUT2D eigenvalue weighted by molar-refractivity contribution is 7.99. The van der Waals surface area contributed by atoms with Gasteiger partial charge in [-0.3, -0.25) is 4.79 Å². The maximum atomic E-state index is 11.4. The van der Waals surface area contributed by atoms with Crippen molar-refractivity contribution in [3.05, 3.63) is 18.3 Å². The summed E-state index contributed by atoms with van der Waals surface area (Å²) in [6.45, 7) is 0. The highest BCUT2D eigenvalue weighted by Crippen LogP contribution is 2.22. The molecule has 3 N–H and O–H groups in total. The van der Waals surface area contributed by atoms with E-state index in [9.17, 15) is 4.79 Å². The molecule has 1 aliphatic rings. The van der Waals surface area contributed by atoms with E-state index in [4.69, 9.17) is 5.73 Å². The predicted octanol–water partition coefficient (Wildman–Crippen LogP) is 1.42. The fraction of sp³-hybridized carbons (Fsp3) is 0.455. The van der Waals surface area contributed by atoms with E-state index in [0.717, 1.165) is 23.6 Å². The zero-order valence-electron chi connectivity index (χ0n) is 8.98. The van der Waals surface area contributed by atoms with Crippen LogP contribution in [0.5, 0.6) is 0 Å². The molecule has 0 bridgehead atoms. The number of hydrogen-bond donors (Lipinski definition) is 2. The summed E-state index contributed by atoms with van der Waals surface area (Å²) in [5.41, 5.74) is 6.42. The number of nitrogen functional groups attached to an aromatic ring is 1. The molecule has 1 fully saturated rings. The Morgan fingerprint density at radius 2 is 2.44 bits per heavy atom. The predicted molar refractivity (Wildman–Crippen MR) is 65.2 cm³/mol. The summed E-state index contributed by atoms with van der Waals surface area (Å²) in [7, 11) is 0. The van der Waals surface area contributed by atoms with Crippen molar-refractivity contribution in [3.8, 4) is 0 Å². The van der Waals surface area contributed by atoms with Crippen molar-refractivity contribution in [2.75, 3.05) is 11.5 Å². The average Bonchev–Trinajstić information content (AvgIpc) is 3.05.